The quantitative estimate of drug-likeness (QED) is 0.791. The Kier molecular flexibility index (Phi) is 6.10. The number of aryl methyl sites for hydroxylation is 1. The maximum atomic E-state index is 13.6. The number of carbonyl (C=O) groups excluding carboxylic acids is 2. The van der Waals surface area contributed by atoms with Crippen LogP contribution in [0.2, 0.25) is 0 Å². The Bertz CT molecular complexity index is 906. The molecule has 2 aromatic rings. The van der Waals surface area contributed by atoms with Gasteiger partial charge in [-0.2, -0.15) is 5.10 Å². The molecule has 0 unspecified atom stereocenters. The summed E-state index contributed by atoms with van der Waals surface area (Å²) in [7, 11) is 0. The molecule has 0 spiro atoms. The van der Waals surface area contributed by atoms with Gasteiger partial charge in [0.15, 0.2) is 0 Å². The smallest absolute Gasteiger partial charge is 0.257 e. The van der Waals surface area contributed by atoms with Crippen molar-refractivity contribution in [1.82, 2.24) is 19.6 Å². The number of para-hydroxylation sites is 1. The fourth-order valence-electron chi connectivity index (χ4n) is 3.97. The average Bonchev–Trinajstić information content (AvgIpc) is 3.08. The van der Waals surface area contributed by atoms with E-state index in [0.29, 0.717) is 26.2 Å². The lowest BCUT2D eigenvalue weighted by Crippen LogP contribution is -2.50. The van der Waals surface area contributed by atoms with Crippen molar-refractivity contribution in [2.24, 2.45) is 0 Å². The van der Waals surface area contributed by atoms with Gasteiger partial charge in [0.1, 0.15) is 0 Å². The van der Waals surface area contributed by atoms with Crippen LogP contribution < -0.4 is 0 Å². The highest BCUT2D eigenvalue weighted by Gasteiger charge is 2.32. The van der Waals surface area contributed by atoms with E-state index in [1.54, 1.807) is 11.8 Å². The lowest BCUT2D eigenvalue weighted by molar-refractivity contribution is -0.130. The van der Waals surface area contributed by atoms with E-state index < -0.39 is 0 Å². The second-order valence-corrected chi connectivity index (χ2v) is 8.45. The lowest BCUT2D eigenvalue weighted by atomic mass is 9.97. The molecule has 0 saturated carbocycles. The van der Waals surface area contributed by atoms with E-state index in [0.717, 1.165) is 28.2 Å². The summed E-state index contributed by atoms with van der Waals surface area (Å²) in [5.41, 5.74) is 4.67. The molecule has 2 amide bonds. The van der Waals surface area contributed by atoms with Gasteiger partial charge in [-0.15, -0.1) is 0 Å². The molecule has 0 bridgehead atoms. The molecular formula is C23H32N4O2. The molecule has 1 aromatic heterocycles. The molecule has 0 N–H and O–H groups in total. The Labute approximate surface area is 173 Å². The minimum Gasteiger partial charge on any atom is -0.339 e. The highest BCUT2D eigenvalue weighted by Crippen LogP contribution is 2.32. The molecule has 1 aromatic carbocycles. The molecule has 6 heteroatoms. The third kappa shape index (κ3) is 4.07. The SMILES string of the molecule is CC(=O)N1CCN(C(=O)c2c(C(C)C)nn(-c3ccccc3C)c2C(C)C)CC1. The first kappa shape index (κ1) is 21.1. The number of aromatic nitrogens is 2. The van der Waals surface area contributed by atoms with Gasteiger partial charge in [-0.1, -0.05) is 45.9 Å². The Balaban J connectivity index is 2.07. The monoisotopic (exact) mass is 396 g/mol. The zero-order valence-electron chi connectivity index (χ0n) is 18.4. The van der Waals surface area contributed by atoms with Crippen molar-refractivity contribution in [3.8, 4) is 5.69 Å². The Morgan fingerprint density at radius 2 is 1.52 bits per heavy atom. The first-order valence-corrected chi connectivity index (χ1v) is 10.5. The first-order valence-electron chi connectivity index (χ1n) is 10.5. The van der Waals surface area contributed by atoms with Crippen LogP contribution in [0.5, 0.6) is 0 Å². The highest BCUT2D eigenvalue weighted by molar-refractivity contribution is 5.97. The predicted octanol–water partition coefficient (Wildman–Crippen LogP) is 3.73. The zero-order chi connectivity index (χ0) is 21.3. The summed E-state index contributed by atoms with van der Waals surface area (Å²) in [6, 6.07) is 8.14. The van der Waals surface area contributed by atoms with Crippen molar-refractivity contribution in [2.45, 2.75) is 53.4 Å². The molecule has 1 aliphatic rings. The lowest BCUT2D eigenvalue weighted by Gasteiger charge is -2.34. The van der Waals surface area contributed by atoms with E-state index in [1.807, 2.05) is 21.7 Å². The van der Waals surface area contributed by atoms with E-state index in [1.165, 1.54) is 0 Å². The fourth-order valence-corrected chi connectivity index (χ4v) is 3.97. The number of benzene rings is 1. The third-order valence-electron chi connectivity index (χ3n) is 5.61. The van der Waals surface area contributed by atoms with Gasteiger partial charge in [0.2, 0.25) is 5.91 Å². The number of hydrogen-bond acceptors (Lipinski definition) is 3. The molecule has 29 heavy (non-hydrogen) atoms. The standard InChI is InChI=1S/C23H32N4O2/c1-15(2)21-20(23(29)26-13-11-25(12-14-26)18(6)28)22(16(3)4)27(24-21)19-10-8-7-9-17(19)5/h7-10,15-16H,11-14H2,1-6H3. The second-order valence-electron chi connectivity index (χ2n) is 8.45. The van der Waals surface area contributed by atoms with Crippen molar-refractivity contribution in [3.05, 3.63) is 46.8 Å². The minimum absolute atomic E-state index is 0.0282. The van der Waals surface area contributed by atoms with Crippen molar-refractivity contribution in [2.75, 3.05) is 26.2 Å². The molecular weight excluding hydrogens is 364 g/mol. The molecule has 2 heterocycles. The van der Waals surface area contributed by atoms with Crippen molar-refractivity contribution in [1.29, 1.82) is 0 Å². The summed E-state index contributed by atoms with van der Waals surface area (Å²) in [6.45, 7) is 14.3. The second kappa shape index (κ2) is 8.39. The summed E-state index contributed by atoms with van der Waals surface area (Å²) in [5, 5.41) is 4.93. The van der Waals surface area contributed by atoms with Crippen molar-refractivity contribution in [3.63, 3.8) is 0 Å². The van der Waals surface area contributed by atoms with Crippen LogP contribution >= 0.6 is 0 Å². The number of hydrogen-bond donors (Lipinski definition) is 0. The van der Waals surface area contributed by atoms with Gasteiger partial charge in [-0.25, -0.2) is 4.68 Å². The Morgan fingerprint density at radius 1 is 0.931 bits per heavy atom. The topological polar surface area (TPSA) is 58.4 Å². The van der Waals surface area contributed by atoms with Crippen LogP contribution in [0.3, 0.4) is 0 Å². The van der Waals surface area contributed by atoms with Crippen LogP contribution in [0.1, 0.15) is 73.8 Å². The van der Waals surface area contributed by atoms with Crippen LogP contribution in [0, 0.1) is 6.92 Å². The predicted molar refractivity (Wildman–Crippen MR) is 115 cm³/mol. The van der Waals surface area contributed by atoms with E-state index in [4.69, 9.17) is 5.10 Å². The molecule has 0 atom stereocenters. The third-order valence-corrected chi connectivity index (χ3v) is 5.61. The molecule has 1 fully saturated rings. The van der Waals surface area contributed by atoms with E-state index in [9.17, 15) is 9.59 Å². The minimum atomic E-state index is 0.0282. The first-order chi connectivity index (χ1) is 13.7. The normalized spacial score (nSPS) is 14.8. The van der Waals surface area contributed by atoms with E-state index in [-0.39, 0.29) is 23.7 Å². The van der Waals surface area contributed by atoms with Gasteiger partial charge in [0.25, 0.3) is 5.91 Å². The fraction of sp³-hybridized carbons (Fsp3) is 0.522. The van der Waals surface area contributed by atoms with E-state index >= 15 is 0 Å². The van der Waals surface area contributed by atoms with Crippen LogP contribution in [0.4, 0.5) is 0 Å². The van der Waals surface area contributed by atoms with Crippen molar-refractivity contribution < 1.29 is 9.59 Å². The molecule has 6 nitrogen and oxygen atoms in total. The molecule has 0 aliphatic carbocycles. The molecule has 156 valence electrons. The van der Waals surface area contributed by atoms with Gasteiger partial charge < -0.3 is 9.80 Å². The molecule has 1 saturated heterocycles. The van der Waals surface area contributed by atoms with Gasteiger partial charge in [-0.3, -0.25) is 9.59 Å². The summed E-state index contributed by atoms with van der Waals surface area (Å²) >= 11 is 0. The zero-order valence-corrected chi connectivity index (χ0v) is 18.4. The van der Waals surface area contributed by atoms with Crippen LogP contribution in [-0.2, 0) is 4.79 Å². The number of carbonyl (C=O) groups is 2. The number of nitrogens with zero attached hydrogens (tertiary/aromatic N) is 4. The van der Waals surface area contributed by atoms with Crippen molar-refractivity contribution >= 4 is 11.8 Å². The van der Waals surface area contributed by atoms with Crippen LogP contribution in [0.25, 0.3) is 5.69 Å². The van der Waals surface area contributed by atoms with Gasteiger partial charge in [0, 0.05) is 33.1 Å². The maximum Gasteiger partial charge on any atom is 0.257 e. The summed E-state index contributed by atoms with van der Waals surface area (Å²) in [5.74, 6) is 0.373. The molecule has 1 aliphatic heterocycles. The van der Waals surface area contributed by atoms with Crippen LogP contribution in [0.15, 0.2) is 24.3 Å². The highest BCUT2D eigenvalue weighted by atomic mass is 16.2. The number of amides is 2. The number of piperazine rings is 1. The van der Waals surface area contributed by atoms with Gasteiger partial charge >= 0.3 is 0 Å². The maximum absolute atomic E-state index is 13.6. The van der Waals surface area contributed by atoms with Gasteiger partial charge in [0.05, 0.1) is 22.6 Å². The average molecular weight is 397 g/mol. The number of rotatable bonds is 4. The van der Waals surface area contributed by atoms with Crippen LogP contribution in [-0.4, -0.2) is 57.6 Å². The molecule has 0 radical (unpaired) electrons. The summed E-state index contributed by atoms with van der Waals surface area (Å²) < 4.78 is 1.97. The summed E-state index contributed by atoms with van der Waals surface area (Å²) in [6.07, 6.45) is 0. The Morgan fingerprint density at radius 3 is 2.03 bits per heavy atom. The van der Waals surface area contributed by atoms with E-state index in [2.05, 4.69) is 46.8 Å². The largest absolute Gasteiger partial charge is 0.339 e. The Hall–Kier alpha value is -2.63. The molecule has 3 rings (SSSR count). The van der Waals surface area contributed by atoms with Gasteiger partial charge in [-0.05, 0) is 30.4 Å². The summed E-state index contributed by atoms with van der Waals surface area (Å²) in [4.78, 5) is 28.9.